The fourth-order valence-corrected chi connectivity index (χ4v) is 4.19. The number of hydrogen-bond donors (Lipinski definition) is 1. The van der Waals surface area contributed by atoms with Crippen LogP contribution in [0.4, 0.5) is 0 Å². The van der Waals surface area contributed by atoms with Crippen molar-refractivity contribution in [3.8, 4) is 23.3 Å². The highest BCUT2D eigenvalue weighted by Gasteiger charge is 2.36. The Kier molecular flexibility index (Phi) is 6.64. The predicted octanol–water partition coefficient (Wildman–Crippen LogP) is 3.27. The normalized spacial score (nSPS) is 14.6. The summed E-state index contributed by atoms with van der Waals surface area (Å²) in [5, 5.41) is 10.4. The molecule has 0 saturated carbocycles. The van der Waals surface area contributed by atoms with Gasteiger partial charge in [-0.3, -0.25) is 4.79 Å². The van der Waals surface area contributed by atoms with E-state index in [-0.39, 0.29) is 35.3 Å². The highest BCUT2D eigenvalue weighted by atomic mass is 16.5. The molecule has 0 saturated heterocycles. The monoisotopic (exact) mass is 475 g/mol. The molecule has 2 N–H and O–H groups in total. The van der Waals surface area contributed by atoms with Gasteiger partial charge in [-0.1, -0.05) is 18.2 Å². The number of methoxy groups -OCH3 is 1. The average Bonchev–Trinajstić information content (AvgIpc) is 2.87. The molecule has 1 aromatic heterocycles. The second-order valence-electron chi connectivity index (χ2n) is 7.82. The molecule has 180 valence electrons. The zero-order chi connectivity index (χ0) is 25.1. The highest BCUT2D eigenvalue weighted by Crippen LogP contribution is 2.45. The van der Waals surface area contributed by atoms with Crippen LogP contribution in [-0.2, 0) is 4.79 Å². The van der Waals surface area contributed by atoms with Crippen LogP contribution < -0.4 is 25.6 Å². The summed E-state index contributed by atoms with van der Waals surface area (Å²) in [7, 11) is 1.47. The summed E-state index contributed by atoms with van der Waals surface area (Å²) in [6.07, 6.45) is 0. The van der Waals surface area contributed by atoms with Crippen LogP contribution in [0, 0.1) is 11.3 Å². The molecule has 3 aromatic rings. The Morgan fingerprint density at radius 1 is 1.17 bits per heavy atom. The van der Waals surface area contributed by atoms with Crippen LogP contribution >= 0.6 is 0 Å². The van der Waals surface area contributed by atoms with E-state index < -0.39 is 11.5 Å². The quantitative estimate of drug-likeness (QED) is 0.516. The number of nitrogens with two attached hydrogens (primary N) is 1. The molecular formula is C26H25N3O6. The molecule has 1 unspecified atom stereocenters. The Bertz CT molecular complexity index is 1410. The van der Waals surface area contributed by atoms with E-state index in [2.05, 4.69) is 6.07 Å². The Labute approximate surface area is 201 Å². The maximum atomic E-state index is 13.0. The largest absolute Gasteiger partial charge is 0.493 e. The van der Waals surface area contributed by atoms with Crippen LogP contribution in [0.1, 0.15) is 30.9 Å². The van der Waals surface area contributed by atoms with Crippen molar-refractivity contribution in [2.45, 2.75) is 19.8 Å². The smallest absolute Gasteiger partial charge is 0.344 e. The topological polar surface area (TPSA) is 128 Å². The summed E-state index contributed by atoms with van der Waals surface area (Å²) in [6, 6.07) is 14.0. The van der Waals surface area contributed by atoms with E-state index in [1.54, 1.807) is 47.4 Å². The van der Waals surface area contributed by atoms with Gasteiger partial charge in [0.2, 0.25) is 5.88 Å². The first-order valence-corrected chi connectivity index (χ1v) is 11.1. The summed E-state index contributed by atoms with van der Waals surface area (Å²) >= 11 is 0. The zero-order valence-corrected chi connectivity index (χ0v) is 19.7. The highest BCUT2D eigenvalue weighted by molar-refractivity contribution is 5.86. The lowest BCUT2D eigenvalue weighted by Gasteiger charge is -2.26. The number of nitriles is 1. The lowest BCUT2D eigenvalue weighted by atomic mass is 9.83. The lowest BCUT2D eigenvalue weighted by Crippen LogP contribution is -2.34. The second kappa shape index (κ2) is 9.81. The van der Waals surface area contributed by atoms with Gasteiger partial charge in [-0.15, -0.1) is 0 Å². The molecule has 0 spiro atoms. The SMILES string of the molecule is CCN(CC)C(=O)COc1ccc(C2C(C#N)=C(N)Oc3c2c(=O)oc2ccccc32)cc1OC. The van der Waals surface area contributed by atoms with Crippen molar-refractivity contribution in [3.63, 3.8) is 0 Å². The minimum atomic E-state index is -0.843. The number of ether oxygens (including phenoxy) is 3. The average molecular weight is 476 g/mol. The van der Waals surface area contributed by atoms with Crippen LogP contribution in [0.3, 0.4) is 0 Å². The minimum absolute atomic E-state index is 0.0764. The van der Waals surface area contributed by atoms with Crippen LogP contribution in [0.25, 0.3) is 11.0 Å². The summed E-state index contributed by atoms with van der Waals surface area (Å²) in [4.78, 5) is 27.0. The fraction of sp³-hybridized carbons (Fsp3) is 0.269. The summed E-state index contributed by atoms with van der Waals surface area (Å²) in [5.41, 5.74) is 6.63. The van der Waals surface area contributed by atoms with Crippen molar-refractivity contribution in [1.82, 2.24) is 4.90 Å². The van der Waals surface area contributed by atoms with E-state index >= 15 is 0 Å². The molecule has 1 aliphatic rings. The molecule has 2 aromatic carbocycles. The van der Waals surface area contributed by atoms with Gasteiger partial charge in [-0.25, -0.2) is 4.79 Å². The number of allylic oxidation sites excluding steroid dienone is 1. The first-order valence-electron chi connectivity index (χ1n) is 11.1. The van der Waals surface area contributed by atoms with Gasteiger partial charge in [0.1, 0.15) is 17.2 Å². The van der Waals surface area contributed by atoms with Gasteiger partial charge in [0, 0.05) is 13.1 Å². The first kappa shape index (κ1) is 23.7. The van der Waals surface area contributed by atoms with Crippen molar-refractivity contribution < 1.29 is 23.4 Å². The number of likely N-dealkylation sites (N-methyl/N-ethyl adjacent to an activating group) is 1. The first-order chi connectivity index (χ1) is 16.9. The van der Waals surface area contributed by atoms with Gasteiger partial charge >= 0.3 is 5.63 Å². The van der Waals surface area contributed by atoms with Crippen molar-refractivity contribution >= 4 is 16.9 Å². The van der Waals surface area contributed by atoms with Crippen LogP contribution in [-0.4, -0.2) is 37.6 Å². The Hall–Kier alpha value is -4.45. The number of fused-ring (bicyclic) bond motifs is 3. The molecule has 2 heterocycles. The van der Waals surface area contributed by atoms with E-state index in [4.69, 9.17) is 24.4 Å². The Balaban J connectivity index is 1.78. The van der Waals surface area contributed by atoms with Crippen LogP contribution in [0.5, 0.6) is 17.2 Å². The molecule has 1 amide bonds. The second-order valence-corrected chi connectivity index (χ2v) is 7.82. The van der Waals surface area contributed by atoms with Crippen molar-refractivity contribution in [1.29, 1.82) is 5.26 Å². The number of amides is 1. The van der Waals surface area contributed by atoms with E-state index in [0.29, 0.717) is 41.1 Å². The molecule has 1 aliphatic heterocycles. The van der Waals surface area contributed by atoms with Gasteiger partial charge in [0.25, 0.3) is 5.91 Å². The lowest BCUT2D eigenvalue weighted by molar-refractivity contribution is -0.132. The maximum Gasteiger partial charge on any atom is 0.344 e. The molecule has 0 aliphatic carbocycles. The predicted molar refractivity (Wildman–Crippen MR) is 128 cm³/mol. The maximum absolute atomic E-state index is 13.0. The van der Waals surface area contributed by atoms with Gasteiger partial charge in [0.05, 0.1) is 24.0 Å². The van der Waals surface area contributed by atoms with E-state index in [1.807, 2.05) is 13.8 Å². The van der Waals surface area contributed by atoms with Gasteiger partial charge in [0.15, 0.2) is 23.9 Å². The molecule has 35 heavy (non-hydrogen) atoms. The number of carbonyl (C=O) groups excluding carboxylic acids is 1. The molecule has 1 atom stereocenters. The molecule has 0 bridgehead atoms. The van der Waals surface area contributed by atoms with E-state index in [0.717, 1.165) is 0 Å². The number of hydrogen-bond acceptors (Lipinski definition) is 8. The van der Waals surface area contributed by atoms with E-state index in [9.17, 15) is 14.9 Å². The molecule has 4 rings (SSSR count). The third kappa shape index (κ3) is 4.26. The molecule has 9 heteroatoms. The standard InChI is InChI=1S/C26H25N3O6/c1-4-29(5-2)21(30)14-33-19-11-10-15(12-20(19)32-3)22-17(13-27)25(28)35-24-16-8-6-7-9-18(16)34-26(31)23(22)24/h6-12,22H,4-5,14,28H2,1-3H3. The van der Waals surface area contributed by atoms with Crippen molar-refractivity contribution in [2.75, 3.05) is 26.8 Å². The third-order valence-corrected chi connectivity index (χ3v) is 5.96. The summed E-state index contributed by atoms with van der Waals surface area (Å²) in [5.74, 6) is -0.141. The van der Waals surface area contributed by atoms with Gasteiger partial charge < -0.3 is 29.3 Å². The van der Waals surface area contributed by atoms with E-state index in [1.165, 1.54) is 7.11 Å². The number of para-hydroxylation sites is 1. The van der Waals surface area contributed by atoms with Crippen molar-refractivity contribution in [3.05, 3.63) is 75.5 Å². The summed E-state index contributed by atoms with van der Waals surface area (Å²) in [6.45, 7) is 4.81. The fourth-order valence-electron chi connectivity index (χ4n) is 4.19. The van der Waals surface area contributed by atoms with Crippen molar-refractivity contribution in [2.24, 2.45) is 5.73 Å². The molecule has 9 nitrogen and oxygen atoms in total. The van der Waals surface area contributed by atoms with Crippen LogP contribution in [0.15, 0.2) is 63.1 Å². The Morgan fingerprint density at radius 3 is 2.60 bits per heavy atom. The number of benzene rings is 2. The Morgan fingerprint density at radius 2 is 1.91 bits per heavy atom. The van der Waals surface area contributed by atoms with Gasteiger partial charge in [-0.2, -0.15) is 5.26 Å². The molecular weight excluding hydrogens is 450 g/mol. The number of carbonyl (C=O) groups is 1. The molecule has 0 radical (unpaired) electrons. The minimum Gasteiger partial charge on any atom is -0.493 e. The van der Waals surface area contributed by atoms with Gasteiger partial charge in [-0.05, 0) is 43.7 Å². The number of nitrogens with zero attached hydrogens (tertiary/aromatic N) is 2. The number of rotatable bonds is 7. The summed E-state index contributed by atoms with van der Waals surface area (Å²) < 4.78 is 22.5. The zero-order valence-electron chi connectivity index (χ0n) is 19.7. The third-order valence-electron chi connectivity index (χ3n) is 5.96. The molecule has 0 fully saturated rings. The van der Waals surface area contributed by atoms with Crippen LogP contribution in [0.2, 0.25) is 0 Å².